The Morgan fingerprint density at radius 1 is 1.33 bits per heavy atom. The summed E-state index contributed by atoms with van der Waals surface area (Å²) in [6.07, 6.45) is 2.16. The topological polar surface area (TPSA) is 98.2 Å². The molecule has 2 saturated heterocycles. The van der Waals surface area contributed by atoms with E-state index in [1.165, 1.54) is 4.90 Å². The molecule has 2 aliphatic rings. The normalized spacial score (nSPS) is 22.2. The van der Waals surface area contributed by atoms with E-state index in [-0.39, 0.29) is 16.1 Å². The highest BCUT2D eigenvalue weighted by atomic mass is 32.2. The summed E-state index contributed by atoms with van der Waals surface area (Å²) in [4.78, 5) is 36.5. The predicted molar refractivity (Wildman–Crippen MR) is 79.9 cm³/mol. The molecule has 0 aromatic carbocycles. The van der Waals surface area contributed by atoms with E-state index < -0.39 is 18.6 Å². The minimum absolute atomic E-state index is 0.111. The van der Waals surface area contributed by atoms with Crippen molar-refractivity contribution < 1.29 is 24.6 Å². The maximum absolute atomic E-state index is 12.1. The highest BCUT2D eigenvalue weighted by molar-refractivity contribution is 8.26. The number of rotatable bonds is 3. The molecule has 2 rings (SSSR count). The van der Waals surface area contributed by atoms with Crippen LogP contribution in [0.3, 0.4) is 0 Å². The van der Waals surface area contributed by atoms with E-state index in [9.17, 15) is 14.4 Å². The standard InChI is InChI=1S/C12H14N2O5S2/c15-9(16)6-14-10(17)8(21-12(14)20)5-7-1-3-13(4-2-7)11(18)19/h5,7H,1-4,6H2,(H,15,16)(H,18,19). The summed E-state index contributed by atoms with van der Waals surface area (Å²) in [6, 6.07) is 0. The molecule has 0 atom stereocenters. The van der Waals surface area contributed by atoms with Crippen LogP contribution in [0.2, 0.25) is 0 Å². The third-order valence-corrected chi connectivity index (χ3v) is 4.76. The molecule has 0 unspecified atom stereocenters. The van der Waals surface area contributed by atoms with Crippen molar-refractivity contribution in [2.75, 3.05) is 19.6 Å². The minimum Gasteiger partial charge on any atom is -0.480 e. The first-order valence-electron chi connectivity index (χ1n) is 6.33. The van der Waals surface area contributed by atoms with Gasteiger partial charge in [-0.2, -0.15) is 0 Å². The third-order valence-electron chi connectivity index (χ3n) is 3.36. The molecule has 0 radical (unpaired) electrons. The van der Waals surface area contributed by atoms with Gasteiger partial charge in [0.05, 0.1) is 4.91 Å². The smallest absolute Gasteiger partial charge is 0.407 e. The molecule has 0 saturated carbocycles. The monoisotopic (exact) mass is 330 g/mol. The predicted octanol–water partition coefficient (Wildman–Crippen LogP) is 1.21. The van der Waals surface area contributed by atoms with Gasteiger partial charge in [-0.25, -0.2) is 4.79 Å². The molecule has 2 N–H and O–H groups in total. The Bertz CT molecular complexity index is 526. The van der Waals surface area contributed by atoms with E-state index >= 15 is 0 Å². The number of carbonyl (C=O) groups is 3. The lowest BCUT2D eigenvalue weighted by Crippen LogP contribution is -2.37. The van der Waals surface area contributed by atoms with Gasteiger partial charge in [-0.15, -0.1) is 0 Å². The largest absolute Gasteiger partial charge is 0.480 e. The van der Waals surface area contributed by atoms with Crippen molar-refractivity contribution in [1.29, 1.82) is 0 Å². The number of aliphatic carboxylic acids is 1. The molecule has 21 heavy (non-hydrogen) atoms. The van der Waals surface area contributed by atoms with E-state index in [0.29, 0.717) is 30.8 Å². The number of amides is 2. The van der Waals surface area contributed by atoms with Gasteiger partial charge in [-0.05, 0) is 18.8 Å². The van der Waals surface area contributed by atoms with Crippen LogP contribution in [-0.4, -0.2) is 61.9 Å². The number of piperidine rings is 1. The Hall–Kier alpha value is -1.61. The minimum atomic E-state index is -1.11. The van der Waals surface area contributed by atoms with Gasteiger partial charge in [-0.3, -0.25) is 14.5 Å². The van der Waals surface area contributed by atoms with Crippen molar-refractivity contribution in [1.82, 2.24) is 9.80 Å². The fourth-order valence-electron chi connectivity index (χ4n) is 2.26. The van der Waals surface area contributed by atoms with Crippen LogP contribution in [0.1, 0.15) is 12.8 Å². The van der Waals surface area contributed by atoms with Crippen LogP contribution in [0.4, 0.5) is 4.79 Å². The second kappa shape index (κ2) is 6.44. The van der Waals surface area contributed by atoms with Crippen LogP contribution >= 0.6 is 24.0 Å². The van der Waals surface area contributed by atoms with Crippen LogP contribution in [0.15, 0.2) is 11.0 Å². The molecule has 0 aliphatic carbocycles. The van der Waals surface area contributed by atoms with E-state index in [0.717, 1.165) is 16.7 Å². The highest BCUT2D eigenvalue weighted by Gasteiger charge is 2.34. The number of carboxylic acid groups (broad SMARTS) is 2. The summed E-state index contributed by atoms with van der Waals surface area (Å²) in [5, 5.41) is 17.6. The summed E-state index contributed by atoms with van der Waals surface area (Å²) in [7, 11) is 0. The highest BCUT2D eigenvalue weighted by Crippen LogP contribution is 2.33. The fourth-order valence-corrected chi connectivity index (χ4v) is 3.58. The van der Waals surface area contributed by atoms with Gasteiger partial charge in [0.2, 0.25) is 0 Å². The zero-order valence-electron chi connectivity index (χ0n) is 11.0. The van der Waals surface area contributed by atoms with Gasteiger partial charge in [0, 0.05) is 13.1 Å². The Morgan fingerprint density at radius 3 is 2.48 bits per heavy atom. The molecule has 2 amide bonds. The van der Waals surface area contributed by atoms with Crippen molar-refractivity contribution in [3.05, 3.63) is 11.0 Å². The zero-order chi connectivity index (χ0) is 15.6. The molecule has 2 aliphatic heterocycles. The van der Waals surface area contributed by atoms with Crippen molar-refractivity contribution in [3.63, 3.8) is 0 Å². The number of carboxylic acids is 1. The molecular formula is C12H14N2O5S2. The quantitative estimate of drug-likeness (QED) is 0.593. The van der Waals surface area contributed by atoms with Gasteiger partial charge >= 0.3 is 12.1 Å². The molecular weight excluding hydrogens is 316 g/mol. The Kier molecular flexibility index (Phi) is 4.84. The molecule has 7 nitrogen and oxygen atoms in total. The average Bonchev–Trinajstić information content (AvgIpc) is 2.67. The van der Waals surface area contributed by atoms with Crippen molar-refractivity contribution in [3.8, 4) is 0 Å². The second-order valence-electron chi connectivity index (χ2n) is 4.79. The molecule has 0 aromatic heterocycles. The molecule has 0 bridgehead atoms. The Balaban J connectivity index is 2.00. The number of hydrogen-bond acceptors (Lipinski definition) is 5. The first-order valence-corrected chi connectivity index (χ1v) is 7.56. The number of nitrogens with zero attached hydrogens (tertiary/aromatic N) is 2. The first kappa shape index (κ1) is 15.8. The third kappa shape index (κ3) is 3.73. The summed E-state index contributed by atoms with van der Waals surface area (Å²) < 4.78 is 0.247. The van der Waals surface area contributed by atoms with Crippen molar-refractivity contribution >= 4 is 46.3 Å². The van der Waals surface area contributed by atoms with Gasteiger partial charge in [-0.1, -0.05) is 30.1 Å². The van der Waals surface area contributed by atoms with Crippen LogP contribution < -0.4 is 0 Å². The number of hydrogen-bond donors (Lipinski definition) is 2. The summed E-state index contributed by atoms with van der Waals surface area (Å²) in [6.45, 7) is 0.442. The Morgan fingerprint density at radius 2 is 1.95 bits per heavy atom. The molecule has 114 valence electrons. The molecule has 2 heterocycles. The van der Waals surface area contributed by atoms with Crippen LogP contribution in [0, 0.1) is 5.92 Å². The van der Waals surface area contributed by atoms with E-state index in [4.69, 9.17) is 22.4 Å². The van der Waals surface area contributed by atoms with Crippen LogP contribution in [0.5, 0.6) is 0 Å². The van der Waals surface area contributed by atoms with E-state index in [1.807, 2.05) is 0 Å². The molecule has 0 aromatic rings. The number of allylic oxidation sites excluding steroid dienone is 1. The lowest BCUT2D eigenvalue weighted by molar-refractivity contribution is -0.140. The fraction of sp³-hybridized carbons (Fsp3) is 0.500. The van der Waals surface area contributed by atoms with Crippen LogP contribution in [0.25, 0.3) is 0 Å². The molecule has 2 fully saturated rings. The lowest BCUT2D eigenvalue weighted by Gasteiger charge is -2.28. The van der Waals surface area contributed by atoms with Crippen molar-refractivity contribution in [2.45, 2.75) is 12.8 Å². The molecule has 0 spiro atoms. The summed E-state index contributed by atoms with van der Waals surface area (Å²) >= 11 is 6.11. The second-order valence-corrected chi connectivity index (χ2v) is 6.47. The number of thioether (sulfide) groups is 1. The van der Waals surface area contributed by atoms with E-state index in [1.54, 1.807) is 6.08 Å². The average molecular weight is 330 g/mol. The number of carbonyl (C=O) groups excluding carboxylic acids is 1. The first-order chi connectivity index (χ1) is 9.88. The summed E-state index contributed by atoms with van der Waals surface area (Å²) in [5.74, 6) is -1.38. The zero-order valence-corrected chi connectivity index (χ0v) is 12.7. The van der Waals surface area contributed by atoms with Gasteiger partial charge in [0.1, 0.15) is 10.9 Å². The maximum atomic E-state index is 12.1. The Labute approximate surface area is 130 Å². The van der Waals surface area contributed by atoms with Crippen LogP contribution in [-0.2, 0) is 9.59 Å². The van der Waals surface area contributed by atoms with Gasteiger partial charge < -0.3 is 15.1 Å². The molecule has 9 heteroatoms. The van der Waals surface area contributed by atoms with Gasteiger partial charge in [0.15, 0.2) is 0 Å². The van der Waals surface area contributed by atoms with E-state index in [2.05, 4.69) is 0 Å². The lowest BCUT2D eigenvalue weighted by atomic mass is 9.96. The summed E-state index contributed by atoms with van der Waals surface area (Å²) in [5.41, 5.74) is 0. The maximum Gasteiger partial charge on any atom is 0.407 e. The van der Waals surface area contributed by atoms with Gasteiger partial charge in [0.25, 0.3) is 5.91 Å². The number of likely N-dealkylation sites (tertiary alicyclic amines) is 1. The van der Waals surface area contributed by atoms with Crippen molar-refractivity contribution in [2.24, 2.45) is 5.92 Å². The SMILES string of the molecule is O=C(O)CN1C(=O)C(=CC2CCN(C(=O)O)CC2)SC1=S. The number of thiocarbonyl (C=S) groups is 1.